The maximum absolute atomic E-state index is 12.0. The number of carbonyl (C=O) groups excluding carboxylic acids is 1. The van der Waals surface area contributed by atoms with Gasteiger partial charge in [0.2, 0.25) is 5.91 Å². The minimum Gasteiger partial charge on any atom is -0.441 e. The fraction of sp³-hybridized carbons (Fsp3) is 0.316. The second-order valence-corrected chi connectivity index (χ2v) is 7.06. The van der Waals surface area contributed by atoms with Crippen molar-refractivity contribution in [1.82, 2.24) is 20.5 Å². The lowest BCUT2D eigenvalue weighted by molar-refractivity contribution is -0.121. The van der Waals surface area contributed by atoms with Gasteiger partial charge >= 0.3 is 0 Å². The van der Waals surface area contributed by atoms with Gasteiger partial charge in [0, 0.05) is 35.7 Å². The van der Waals surface area contributed by atoms with Crippen LogP contribution in [0.2, 0.25) is 10.0 Å². The first-order valence-electron chi connectivity index (χ1n) is 8.68. The minimum absolute atomic E-state index is 0.0248. The number of nitrogens with zero attached hydrogens (tertiary/aromatic N) is 2. The van der Waals surface area contributed by atoms with Crippen LogP contribution in [0.1, 0.15) is 30.0 Å². The number of halogens is 2. The van der Waals surface area contributed by atoms with Gasteiger partial charge in [-0.1, -0.05) is 23.2 Å². The van der Waals surface area contributed by atoms with Crippen molar-refractivity contribution < 1.29 is 9.21 Å². The molecule has 2 N–H and O–H groups in total. The molecule has 0 radical (unpaired) electrons. The van der Waals surface area contributed by atoms with Crippen LogP contribution in [-0.2, 0) is 17.6 Å². The normalized spacial score (nSPS) is 10.9. The van der Waals surface area contributed by atoms with Crippen LogP contribution in [0.5, 0.6) is 0 Å². The number of aryl methyl sites for hydroxylation is 3. The molecular formula is C19H20Cl2N4O2. The summed E-state index contributed by atoms with van der Waals surface area (Å²) in [5, 5.41) is 10.9. The molecule has 0 atom stereocenters. The minimum atomic E-state index is -0.0248. The molecule has 0 saturated heterocycles. The van der Waals surface area contributed by atoms with Gasteiger partial charge in [-0.25, -0.2) is 4.98 Å². The molecule has 0 bridgehead atoms. The Hall–Kier alpha value is -2.31. The summed E-state index contributed by atoms with van der Waals surface area (Å²) in [6.45, 7) is 2.61. The lowest BCUT2D eigenvalue weighted by Gasteiger charge is -2.04. The van der Waals surface area contributed by atoms with Gasteiger partial charge in [-0.2, -0.15) is 5.10 Å². The molecule has 3 aromatic rings. The molecule has 0 aliphatic heterocycles. The number of aromatic amines is 1. The Morgan fingerprint density at radius 3 is 2.85 bits per heavy atom. The number of benzene rings is 1. The summed E-state index contributed by atoms with van der Waals surface area (Å²) in [5.41, 5.74) is 2.97. The first kappa shape index (κ1) is 19.5. The second kappa shape index (κ2) is 9.06. The molecule has 1 aromatic carbocycles. The average Bonchev–Trinajstić information content (AvgIpc) is 3.26. The van der Waals surface area contributed by atoms with Crippen LogP contribution in [0, 0.1) is 6.92 Å². The van der Waals surface area contributed by atoms with Crippen molar-refractivity contribution in [2.24, 2.45) is 0 Å². The van der Waals surface area contributed by atoms with Gasteiger partial charge in [-0.05, 0) is 43.5 Å². The highest BCUT2D eigenvalue weighted by Gasteiger charge is 2.12. The van der Waals surface area contributed by atoms with Gasteiger partial charge < -0.3 is 9.73 Å². The number of nitrogens with one attached hydrogen (secondary N) is 2. The molecule has 0 aliphatic rings. The summed E-state index contributed by atoms with van der Waals surface area (Å²) in [7, 11) is 0. The Balaban J connectivity index is 1.43. The second-order valence-electron chi connectivity index (χ2n) is 6.22. The molecule has 27 heavy (non-hydrogen) atoms. The van der Waals surface area contributed by atoms with E-state index in [0.29, 0.717) is 41.1 Å². The van der Waals surface area contributed by atoms with E-state index in [1.807, 2.05) is 13.1 Å². The fourth-order valence-corrected chi connectivity index (χ4v) is 3.18. The third kappa shape index (κ3) is 5.34. The fourth-order valence-electron chi connectivity index (χ4n) is 2.68. The van der Waals surface area contributed by atoms with Gasteiger partial charge in [0.15, 0.2) is 11.7 Å². The Morgan fingerprint density at radius 2 is 2.11 bits per heavy atom. The number of aromatic nitrogens is 3. The first-order valence-corrected chi connectivity index (χ1v) is 9.44. The molecule has 142 valence electrons. The Bertz CT molecular complexity index is 920. The number of hydrogen-bond donors (Lipinski definition) is 2. The number of hydrogen-bond acceptors (Lipinski definition) is 4. The Kier molecular flexibility index (Phi) is 6.53. The molecule has 3 rings (SSSR count). The van der Waals surface area contributed by atoms with E-state index in [1.165, 1.54) is 5.56 Å². The summed E-state index contributed by atoms with van der Waals surface area (Å²) in [4.78, 5) is 16.2. The number of rotatable bonds is 8. The van der Waals surface area contributed by atoms with E-state index in [-0.39, 0.29) is 5.91 Å². The predicted molar refractivity (Wildman–Crippen MR) is 105 cm³/mol. The van der Waals surface area contributed by atoms with Crippen LogP contribution in [-0.4, -0.2) is 27.6 Å². The standard InChI is InChI=1S/C19H20Cl2N4O2/c1-12-13(10-24-25-12)3-2-8-22-18(26)6-7-19-23-11-17(27-19)15-5-4-14(20)9-16(15)21/h4-5,9-11H,2-3,6-8H2,1H3,(H,22,26)(H,24,25). The SMILES string of the molecule is Cc1[nH]ncc1CCCNC(=O)CCc1ncc(-c2ccc(Cl)cc2Cl)o1. The predicted octanol–water partition coefficient (Wildman–Crippen LogP) is 4.36. The van der Waals surface area contributed by atoms with Crippen molar-refractivity contribution >= 4 is 29.1 Å². The van der Waals surface area contributed by atoms with Crippen LogP contribution in [0.4, 0.5) is 0 Å². The van der Waals surface area contributed by atoms with E-state index >= 15 is 0 Å². The van der Waals surface area contributed by atoms with Crippen molar-refractivity contribution in [2.45, 2.75) is 32.6 Å². The van der Waals surface area contributed by atoms with Crippen LogP contribution < -0.4 is 5.32 Å². The van der Waals surface area contributed by atoms with Gasteiger partial charge in [-0.3, -0.25) is 9.89 Å². The summed E-state index contributed by atoms with van der Waals surface area (Å²) in [6, 6.07) is 5.17. The highest BCUT2D eigenvalue weighted by molar-refractivity contribution is 6.36. The molecule has 0 fully saturated rings. The summed E-state index contributed by atoms with van der Waals surface area (Å²) >= 11 is 12.1. The summed E-state index contributed by atoms with van der Waals surface area (Å²) < 4.78 is 5.70. The van der Waals surface area contributed by atoms with Gasteiger partial charge in [0.1, 0.15) is 0 Å². The average molecular weight is 407 g/mol. The zero-order valence-electron chi connectivity index (χ0n) is 14.9. The van der Waals surface area contributed by atoms with Gasteiger partial charge in [0.25, 0.3) is 0 Å². The van der Waals surface area contributed by atoms with Crippen molar-refractivity contribution in [3.05, 3.63) is 57.8 Å². The zero-order chi connectivity index (χ0) is 19.2. The van der Waals surface area contributed by atoms with E-state index < -0.39 is 0 Å². The van der Waals surface area contributed by atoms with E-state index in [2.05, 4.69) is 20.5 Å². The zero-order valence-corrected chi connectivity index (χ0v) is 16.4. The lowest BCUT2D eigenvalue weighted by Crippen LogP contribution is -2.25. The number of amides is 1. The Morgan fingerprint density at radius 1 is 1.26 bits per heavy atom. The van der Waals surface area contributed by atoms with E-state index in [1.54, 1.807) is 24.4 Å². The van der Waals surface area contributed by atoms with Crippen LogP contribution in [0.25, 0.3) is 11.3 Å². The summed E-state index contributed by atoms with van der Waals surface area (Å²) in [5.74, 6) is 1.03. The Labute approximate surface area is 167 Å². The van der Waals surface area contributed by atoms with Crippen LogP contribution in [0.3, 0.4) is 0 Å². The molecule has 2 aromatic heterocycles. The molecule has 8 heteroatoms. The maximum Gasteiger partial charge on any atom is 0.220 e. The molecular weight excluding hydrogens is 387 g/mol. The molecule has 1 amide bonds. The third-order valence-corrected chi connectivity index (χ3v) is 4.74. The van der Waals surface area contributed by atoms with E-state index in [9.17, 15) is 4.79 Å². The van der Waals surface area contributed by atoms with Gasteiger partial charge in [0.05, 0.1) is 17.4 Å². The topological polar surface area (TPSA) is 83.8 Å². The monoisotopic (exact) mass is 406 g/mol. The smallest absolute Gasteiger partial charge is 0.220 e. The summed E-state index contributed by atoms with van der Waals surface area (Å²) in [6.07, 6.45) is 5.93. The van der Waals surface area contributed by atoms with Crippen molar-refractivity contribution in [3.8, 4) is 11.3 Å². The molecule has 6 nitrogen and oxygen atoms in total. The molecule has 0 saturated carbocycles. The molecule has 0 aliphatic carbocycles. The third-order valence-electron chi connectivity index (χ3n) is 4.20. The van der Waals surface area contributed by atoms with E-state index in [4.69, 9.17) is 27.6 Å². The molecule has 2 heterocycles. The quantitative estimate of drug-likeness (QED) is 0.544. The van der Waals surface area contributed by atoms with Crippen molar-refractivity contribution in [1.29, 1.82) is 0 Å². The highest BCUT2D eigenvalue weighted by Crippen LogP contribution is 2.30. The number of carbonyl (C=O) groups is 1. The van der Waals surface area contributed by atoms with Gasteiger partial charge in [-0.15, -0.1) is 0 Å². The first-order chi connectivity index (χ1) is 13.0. The largest absolute Gasteiger partial charge is 0.441 e. The van der Waals surface area contributed by atoms with Crippen LogP contribution in [0.15, 0.2) is 35.0 Å². The van der Waals surface area contributed by atoms with Crippen molar-refractivity contribution in [2.75, 3.05) is 6.54 Å². The lowest BCUT2D eigenvalue weighted by atomic mass is 10.1. The maximum atomic E-state index is 12.0. The molecule has 0 unspecified atom stereocenters. The molecule has 0 spiro atoms. The van der Waals surface area contributed by atoms with Crippen LogP contribution >= 0.6 is 23.2 Å². The van der Waals surface area contributed by atoms with E-state index in [0.717, 1.165) is 24.1 Å². The van der Waals surface area contributed by atoms with Crippen molar-refractivity contribution in [3.63, 3.8) is 0 Å². The highest BCUT2D eigenvalue weighted by atomic mass is 35.5. The number of H-pyrrole nitrogens is 1. The number of oxazole rings is 1.